The Kier molecular flexibility index (Phi) is 8.03. The molecule has 5 rings (SSSR count). The maximum Gasteiger partial charge on any atom is 0.426 e. The highest BCUT2D eigenvalue weighted by Gasteiger charge is 2.58. The number of piperidine rings is 1. The van der Waals surface area contributed by atoms with Crippen LogP contribution in [0, 0.1) is 6.92 Å². The van der Waals surface area contributed by atoms with E-state index >= 15 is 0 Å². The number of amides is 2. The number of nitrogens with zero attached hydrogens (tertiary/aromatic N) is 5. The molecule has 4 heterocycles. The van der Waals surface area contributed by atoms with Crippen LogP contribution >= 0.6 is 0 Å². The van der Waals surface area contributed by atoms with E-state index in [1.807, 2.05) is 4.90 Å². The number of hydrogen-bond acceptors (Lipinski definition) is 7. The van der Waals surface area contributed by atoms with E-state index < -0.39 is 54.8 Å². The first kappa shape index (κ1) is 31.5. The number of aromatic nitrogens is 3. The molecule has 10 nitrogen and oxygen atoms in total. The number of nitrogens with two attached hydrogens (primary N) is 1. The van der Waals surface area contributed by atoms with Crippen LogP contribution in [0.1, 0.15) is 41.3 Å². The summed E-state index contributed by atoms with van der Waals surface area (Å²) in [5, 5.41) is 16.5. The Balaban J connectivity index is 1.38. The molecule has 1 aromatic carbocycles. The van der Waals surface area contributed by atoms with Gasteiger partial charge < -0.3 is 21.1 Å². The maximum absolute atomic E-state index is 14.8. The zero-order valence-electron chi connectivity index (χ0n) is 23.8. The zero-order valence-corrected chi connectivity index (χ0v) is 23.8. The van der Waals surface area contributed by atoms with E-state index in [-0.39, 0.29) is 37.3 Å². The van der Waals surface area contributed by atoms with Crippen molar-refractivity contribution in [1.82, 2.24) is 29.7 Å². The average Bonchev–Trinajstić information content (AvgIpc) is 3.49. The predicted molar refractivity (Wildman–Crippen MR) is 146 cm³/mol. The number of nitrogen functional groups attached to an aromatic ring is 1. The van der Waals surface area contributed by atoms with Gasteiger partial charge in [-0.05, 0) is 37.1 Å². The standard InChI is InChI=1S/C28H31F6N7O3/c1-15-3-4-16(9-18(15)24(42)38-20-13-40(12-19(20)29)25(43)26(2,44)28(32,33)34)21-10-17(22-23(35)36-14-37-41(21)22)11-39-7-5-27(30,31)6-8-39/h3-4,9-10,14,19-20,44H,5-8,11-13H2,1-2H3,(H,38,42)(H2,35,36,37)/t19-,20+,26?/m0/s1. The van der Waals surface area contributed by atoms with Gasteiger partial charge in [0.1, 0.15) is 18.0 Å². The highest BCUT2D eigenvalue weighted by Crippen LogP contribution is 2.34. The van der Waals surface area contributed by atoms with Crippen LogP contribution in [0.15, 0.2) is 30.6 Å². The fourth-order valence-electron chi connectivity index (χ4n) is 5.52. The Hall–Kier alpha value is -3.92. The van der Waals surface area contributed by atoms with Crippen LogP contribution < -0.4 is 11.1 Å². The van der Waals surface area contributed by atoms with E-state index in [2.05, 4.69) is 15.4 Å². The van der Waals surface area contributed by atoms with Crippen LogP contribution in [0.25, 0.3) is 16.8 Å². The third-order valence-electron chi connectivity index (χ3n) is 8.24. The number of halogens is 6. The van der Waals surface area contributed by atoms with Gasteiger partial charge in [-0.3, -0.25) is 14.5 Å². The SMILES string of the molecule is Cc1ccc(-c2cc(CN3CCC(F)(F)CC3)c3c(N)ncnn23)cc1C(=O)N[C@@H]1CN(C(=O)C(C)(O)C(F)(F)F)C[C@@H]1F. The molecule has 238 valence electrons. The fraction of sp³-hybridized carbons (Fsp3) is 0.500. The van der Waals surface area contributed by atoms with Crippen LogP contribution in [0.4, 0.5) is 32.2 Å². The summed E-state index contributed by atoms with van der Waals surface area (Å²) in [6.07, 6.45) is -6.41. The summed E-state index contributed by atoms with van der Waals surface area (Å²) in [5.41, 5.74) is 5.33. The molecule has 16 heteroatoms. The highest BCUT2D eigenvalue weighted by atomic mass is 19.4. The highest BCUT2D eigenvalue weighted by molar-refractivity contribution is 5.97. The minimum atomic E-state index is -5.27. The van der Waals surface area contributed by atoms with Gasteiger partial charge in [-0.2, -0.15) is 18.3 Å². The molecule has 2 fully saturated rings. The first-order chi connectivity index (χ1) is 20.5. The van der Waals surface area contributed by atoms with Crippen molar-refractivity contribution >= 4 is 23.1 Å². The number of aryl methyl sites for hydroxylation is 1. The smallest absolute Gasteiger partial charge is 0.382 e. The Morgan fingerprint density at radius 2 is 1.84 bits per heavy atom. The first-order valence-electron chi connectivity index (χ1n) is 13.8. The number of carbonyl (C=O) groups excluding carboxylic acids is 2. The van der Waals surface area contributed by atoms with E-state index in [1.165, 1.54) is 16.9 Å². The summed E-state index contributed by atoms with van der Waals surface area (Å²) in [6, 6.07) is 5.38. The Labute approximate surface area is 247 Å². The molecule has 2 aromatic heterocycles. The van der Waals surface area contributed by atoms with Gasteiger partial charge in [-0.1, -0.05) is 12.1 Å². The fourth-order valence-corrected chi connectivity index (χ4v) is 5.52. The van der Waals surface area contributed by atoms with Crippen LogP contribution in [0.2, 0.25) is 0 Å². The lowest BCUT2D eigenvalue weighted by Gasteiger charge is -2.31. The molecule has 3 aromatic rings. The second kappa shape index (κ2) is 11.2. The van der Waals surface area contributed by atoms with Crippen LogP contribution in [0.5, 0.6) is 0 Å². The number of nitrogens with one attached hydrogen (secondary N) is 1. The van der Waals surface area contributed by atoms with E-state index in [0.29, 0.717) is 46.3 Å². The van der Waals surface area contributed by atoms with Crippen LogP contribution in [0.3, 0.4) is 0 Å². The van der Waals surface area contributed by atoms with Crippen LogP contribution in [-0.4, -0.2) is 97.4 Å². The van der Waals surface area contributed by atoms with Crippen molar-refractivity contribution in [3.05, 3.63) is 47.3 Å². The van der Waals surface area contributed by atoms with Crippen molar-refractivity contribution in [2.24, 2.45) is 0 Å². The predicted octanol–water partition coefficient (Wildman–Crippen LogP) is 3.11. The number of aliphatic hydroxyl groups is 1. The summed E-state index contributed by atoms with van der Waals surface area (Å²) >= 11 is 0. The molecule has 0 saturated carbocycles. The van der Waals surface area contributed by atoms with Gasteiger partial charge in [0, 0.05) is 50.1 Å². The first-order valence-corrected chi connectivity index (χ1v) is 13.8. The summed E-state index contributed by atoms with van der Waals surface area (Å²) in [7, 11) is 0. The topological polar surface area (TPSA) is 129 Å². The number of fused-ring (bicyclic) bond motifs is 1. The van der Waals surface area contributed by atoms with Gasteiger partial charge in [0.05, 0.1) is 18.3 Å². The molecular weight excluding hydrogens is 596 g/mol. The van der Waals surface area contributed by atoms with Crippen molar-refractivity contribution < 1.29 is 41.0 Å². The third kappa shape index (κ3) is 5.92. The monoisotopic (exact) mass is 627 g/mol. The molecular formula is C28H31F6N7O3. The quantitative estimate of drug-likeness (QED) is 0.359. The Morgan fingerprint density at radius 3 is 2.50 bits per heavy atom. The second-order valence-corrected chi connectivity index (χ2v) is 11.5. The Morgan fingerprint density at radius 1 is 1.16 bits per heavy atom. The molecule has 0 aliphatic carbocycles. The zero-order chi connectivity index (χ0) is 32.2. The summed E-state index contributed by atoms with van der Waals surface area (Å²) in [6.45, 7) is 1.33. The van der Waals surface area contributed by atoms with Gasteiger partial charge in [-0.25, -0.2) is 22.7 Å². The number of alkyl halides is 6. The van der Waals surface area contributed by atoms with Gasteiger partial charge in [0.15, 0.2) is 5.82 Å². The molecule has 2 amide bonds. The number of benzene rings is 1. The molecule has 0 radical (unpaired) electrons. The molecule has 44 heavy (non-hydrogen) atoms. The maximum atomic E-state index is 14.8. The largest absolute Gasteiger partial charge is 0.426 e. The lowest BCUT2D eigenvalue weighted by Crippen LogP contribution is -2.56. The molecule has 4 N–H and O–H groups in total. The number of hydrogen-bond donors (Lipinski definition) is 3. The number of rotatable bonds is 6. The summed E-state index contributed by atoms with van der Waals surface area (Å²) in [5.74, 6) is -4.97. The minimum Gasteiger partial charge on any atom is -0.382 e. The summed E-state index contributed by atoms with van der Waals surface area (Å²) < 4.78 is 83.2. The van der Waals surface area contributed by atoms with Gasteiger partial charge in [-0.15, -0.1) is 0 Å². The lowest BCUT2D eigenvalue weighted by atomic mass is 10.0. The molecule has 2 aliphatic rings. The molecule has 0 spiro atoms. The lowest BCUT2D eigenvalue weighted by molar-refractivity contribution is -0.249. The third-order valence-corrected chi connectivity index (χ3v) is 8.24. The normalized spacial score (nSPS) is 22.2. The van der Waals surface area contributed by atoms with E-state index in [0.717, 1.165) is 0 Å². The minimum absolute atomic E-state index is 0.138. The van der Waals surface area contributed by atoms with Gasteiger partial charge in [0.2, 0.25) is 5.60 Å². The van der Waals surface area contributed by atoms with Crippen molar-refractivity contribution in [2.75, 3.05) is 31.9 Å². The van der Waals surface area contributed by atoms with E-state index in [1.54, 1.807) is 25.1 Å². The molecule has 0 bridgehead atoms. The molecule has 3 atom stereocenters. The summed E-state index contributed by atoms with van der Waals surface area (Å²) in [4.78, 5) is 32.1. The molecule has 2 saturated heterocycles. The number of carbonyl (C=O) groups is 2. The van der Waals surface area contributed by atoms with Crippen molar-refractivity contribution in [1.29, 1.82) is 0 Å². The molecule has 2 aliphatic heterocycles. The Bertz CT molecular complexity index is 1580. The van der Waals surface area contributed by atoms with Crippen molar-refractivity contribution in [3.63, 3.8) is 0 Å². The van der Waals surface area contributed by atoms with Crippen LogP contribution in [-0.2, 0) is 11.3 Å². The number of anilines is 1. The van der Waals surface area contributed by atoms with E-state index in [9.17, 15) is 41.0 Å². The van der Waals surface area contributed by atoms with Gasteiger partial charge >= 0.3 is 6.18 Å². The van der Waals surface area contributed by atoms with Crippen molar-refractivity contribution in [2.45, 2.75) is 63.1 Å². The molecule has 1 unspecified atom stereocenters. The number of likely N-dealkylation sites (tertiary alicyclic amines) is 2. The van der Waals surface area contributed by atoms with E-state index in [4.69, 9.17) is 5.73 Å². The van der Waals surface area contributed by atoms with Gasteiger partial charge in [0.25, 0.3) is 17.7 Å². The van der Waals surface area contributed by atoms with Crippen molar-refractivity contribution in [3.8, 4) is 11.3 Å². The second-order valence-electron chi connectivity index (χ2n) is 11.5. The average molecular weight is 628 g/mol.